The number of nitrogens with zero attached hydrogens (tertiary/aromatic N) is 2. The Bertz CT molecular complexity index is 393. The molecule has 1 aromatic rings. The summed E-state index contributed by atoms with van der Waals surface area (Å²) in [7, 11) is 0. The minimum atomic E-state index is -0.921. The van der Waals surface area contributed by atoms with Gasteiger partial charge in [-0.05, 0) is 0 Å². The maximum atomic E-state index is 11.2. The van der Waals surface area contributed by atoms with Crippen LogP contribution >= 0.6 is 11.3 Å². The average molecular weight is 241 g/mol. The lowest BCUT2D eigenvalue weighted by atomic mass is 10.2. The molecule has 16 heavy (non-hydrogen) atoms. The third-order valence-corrected chi connectivity index (χ3v) is 3.05. The standard InChI is InChI=1S/C9H11N3O3S/c13-8-3-12(2-6-4-16-5-11-6)7(1-10-8)9(14)15/h4-5,7H,1-3H2,(H,10,13)(H,14,15). The molecule has 1 aliphatic heterocycles. The highest BCUT2D eigenvalue weighted by Gasteiger charge is 2.31. The number of carbonyl (C=O) groups is 2. The monoisotopic (exact) mass is 241 g/mol. The van der Waals surface area contributed by atoms with Crippen LogP contribution in [0.1, 0.15) is 5.69 Å². The number of hydrogen-bond donors (Lipinski definition) is 2. The Hall–Kier alpha value is -1.47. The molecular formula is C9H11N3O3S. The van der Waals surface area contributed by atoms with Crippen LogP contribution in [0, 0.1) is 0 Å². The number of aromatic nitrogens is 1. The first kappa shape index (κ1) is 11.0. The molecular weight excluding hydrogens is 230 g/mol. The summed E-state index contributed by atoms with van der Waals surface area (Å²) < 4.78 is 0. The fourth-order valence-corrected chi connectivity index (χ4v) is 2.17. The summed E-state index contributed by atoms with van der Waals surface area (Å²) >= 11 is 1.45. The highest BCUT2D eigenvalue weighted by Crippen LogP contribution is 2.11. The van der Waals surface area contributed by atoms with Crippen molar-refractivity contribution < 1.29 is 14.7 Å². The molecule has 1 aromatic heterocycles. The minimum absolute atomic E-state index is 0.106. The van der Waals surface area contributed by atoms with Gasteiger partial charge in [-0.2, -0.15) is 0 Å². The number of hydrogen-bond acceptors (Lipinski definition) is 5. The molecule has 1 unspecified atom stereocenters. The van der Waals surface area contributed by atoms with Crippen molar-refractivity contribution in [2.75, 3.05) is 13.1 Å². The SMILES string of the molecule is O=C1CN(Cc2cscn2)C(C(=O)O)CN1. The number of amides is 1. The number of carboxylic acids is 1. The number of piperazine rings is 1. The predicted molar refractivity (Wildman–Crippen MR) is 57.0 cm³/mol. The van der Waals surface area contributed by atoms with Crippen LogP contribution in [0.4, 0.5) is 0 Å². The Balaban J connectivity index is 2.08. The van der Waals surface area contributed by atoms with E-state index < -0.39 is 12.0 Å². The number of carbonyl (C=O) groups excluding carboxylic acids is 1. The van der Waals surface area contributed by atoms with Crippen LogP contribution in [0.3, 0.4) is 0 Å². The molecule has 2 N–H and O–H groups in total. The molecule has 1 amide bonds. The van der Waals surface area contributed by atoms with E-state index in [0.717, 1.165) is 5.69 Å². The molecule has 6 nitrogen and oxygen atoms in total. The molecule has 1 atom stereocenters. The Kier molecular flexibility index (Phi) is 3.16. The van der Waals surface area contributed by atoms with Crippen LogP contribution in [0.25, 0.3) is 0 Å². The molecule has 0 bridgehead atoms. The normalized spacial score (nSPS) is 21.8. The second-order valence-corrected chi connectivity index (χ2v) is 4.26. The lowest BCUT2D eigenvalue weighted by molar-refractivity contribution is -0.146. The summed E-state index contributed by atoms with van der Waals surface area (Å²) in [6.45, 7) is 0.653. The zero-order chi connectivity index (χ0) is 11.5. The zero-order valence-electron chi connectivity index (χ0n) is 8.42. The van der Waals surface area contributed by atoms with Crippen LogP contribution in [-0.4, -0.2) is 46.0 Å². The zero-order valence-corrected chi connectivity index (χ0v) is 9.24. The van der Waals surface area contributed by atoms with Crippen molar-refractivity contribution >= 4 is 23.2 Å². The Labute approximate surface area is 95.9 Å². The first-order valence-electron chi connectivity index (χ1n) is 4.77. The van der Waals surface area contributed by atoms with Crippen molar-refractivity contribution in [2.24, 2.45) is 0 Å². The van der Waals surface area contributed by atoms with E-state index >= 15 is 0 Å². The van der Waals surface area contributed by atoms with Gasteiger partial charge in [0.05, 0.1) is 17.7 Å². The van der Waals surface area contributed by atoms with E-state index in [-0.39, 0.29) is 19.0 Å². The fraction of sp³-hybridized carbons (Fsp3) is 0.444. The summed E-state index contributed by atoms with van der Waals surface area (Å²) in [6.07, 6.45) is 0. The fourth-order valence-electron chi connectivity index (χ4n) is 1.62. The third kappa shape index (κ3) is 2.37. The van der Waals surface area contributed by atoms with Gasteiger partial charge in [0.15, 0.2) is 0 Å². The molecule has 0 aliphatic carbocycles. The van der Waals surface area contributed by atoms with Crippen LogP contribution in [0.15, 0.2) is 10.9 Å². The number of nitrogens with one attached hydrogen (secondary N) is 1. The van der Waals surface area contributed by atoms with Crippen LogP contribution in [0.2, 0.25) is 0 Å². The van der Waals surface area contributed by atoms with E-state index in [1.807, 2.05) is 5.38 Å². The molecule has 86 valence electrons. The second-order valence-electron chi connectivity index (χ2n) is 3.54. The van der Waals surface area contributed by atoms with Gasteiger partial charge in [0, 0.05) is 18.5 Å². The third-order valence-electron chi connectivity index (χ3n) is 2.41. The topological polar surface area (TPSA) is 82.5 Å². The van der Waals surface area contributed by atoms with Crippen molar-refractivity contribution in [1.82, 2.24) is 15.2 Å². The number of rotatable bonds is 3. The second kappa shape index (κ2) is 4.58. The number of aliphatic carboxylic acids is 1. The Morgan fingerprint density at radius 1 is 1.75 bits per heavy atom. The molecule has 0 aromatic carbocycles. The van der Waals surface area contributed by atoms with Crippen LogP contribution in [-0.2, 0) is 16.1 Å². The predicted octanol–water partition coefficient (Wildman–Crippen LogP) is -0.472. The Morgan fingerprint density at radius 2 is 2.56 bits per heavy atom. The van der Waals surface area contributed by atoms with Crippen LogP contribution < -0.4 is 5.32 Å². The van der Waals surface area contributed by atoms with Gasteiger partial charge < -0.3 is 10.4 Å². The first-order chi connectivity index (χ1) is 7.66. The number of thiazole rings is 1. The van der Waals surface area contributed by atoms with Gasteiger partial charge in [0.2, 0.25) is 5.91 Å². The van der Waals surface area contributed by atoms with E-state index in [1.165, 1.54) is 11.3 Å². The summed E-state index contributed by atoms with van der Waals surface area (Å²) in [5.74, 6) is -1.07. The summed E-state index contributed by atoms with van der Waals surface area (Å²) in [6, 6.07) is -0.667. The quantitative estimate of drug-likeness (QED) is 0.747. The highest BCUT2D eigenvalue weighted by atomic mass is 32.1. The van der Waals surface area contributed by atoms with Gasteiger partial charge in [-0.15, -0.1) is 11.3 Å². The summed E-state index contributed by atoms with van der Waals surface area (Å²) in [4.78, 5) is 27.9. The van der Waals surface area contributed by atoms with Gasteiger partial charge in [-0.3, -0.25) is 14.5 Å². The van der Waals surface area contributed by atoms with Crippen molar-refractivity contribution in [3.05, 3.63) is 16.6 Å². The lowest BCUT2D eigenvalue weighted by Crippen LogP contribution is -2.56. The Morgan fingerprint density at radius 3 is 3.19 bits per heavy atom. The highest BCUT2D eigenvalue weighted by molar-refractivity contribution is 7.07. The largest absolute Gasteiger partial charge is 0.480 e. The van der Waals surface area contributed by atoms with Gasteiger partial charge in [-0.25, -0.2) is 4.98 Å². The maximum absolute atomic E-state index is 11.2. The number of carboxylic acid groups (broad SMARTS) is 1. The molecule has 0 spiro atoms. The van der Waals surface area contributed by atoms with E-state index in [4.69, 9.17) is 5.11 Å². The molecule has 1 saturated heterocycles. The van der Waals surface area contributed by atoms with Gasteiger partial charge >= 0.3 is 5.97 Å². The molecule has 0 radical (unpaired) electrons. The van der Waals surface area contributed by atoms with Gasteiger partial charge in [-0.1, -0.05) is 0 Å². The van der Waals surface area contributed by atoms with E-state index in [1.54, 1.807) is 10.4 Å². The van der Waals surface area contributed by atoms with Crippen molar-refractivity contribution in [2.45, 2.75) is 12.6 Å². The summed E-state index contributed by atoms with van der Waals surface area (Å²) in [5, 5.41) is 13.4. The van der Waals surface area contributed by atoms with Gasteiger partial charge in [0.1, 0.15) is 6.04 Å². The molecule has 1 fully saturated rings. The van der Waals surface area contributed by atoms with Gasteiger partial charge in [0.25, 0.3) is 0 Å². The summed E-state index contributed by atoms with van der Waals surface area (Å²) in [5.41, 5.74) is 2.49. The lowest BCUT2D eigenvalue weighted by Gasteiger charge is -2.31. The van der Waals surface area contributed by atoms with Crippen LogP contribution in [0.5, 0.6) is 0 Å². The smallest absolute Gasteiger partial charge is 0.322 e. The maximum Gasteiger partial charge on any atom is 0.322 e. The molecule has 2 heterocycles. The molecule has 1 aliphatic rings. The molecule has 7 heteroatoms. The molecule has 2 rings (SSSR count). The van der Waals surface area contributed by atoms with Crippen molar-refractivity contribution in [3.8, 4) is 0 Å². The van der Waals surface area contributed by atoms with Crippen molar-refractivity contribution in [3.63, 3.8) is 0 Å². The average Bonchev–Trinajstić information content (AvgIpc) is 2.70. The van der Waals surface area contributed by atoms with E-state index in [9.17, 15) is 9.59 Å². The van der Waals surface area contributed by atoms with Crippen molar-refractivity contribution in [1.29, 1.82) is 0 Å². The van der Waals surface area contributed by atoms with E-state index in [0.29, 0.717) is 6.54 Å². The van der Waals surface area contributed by atoms with E-state index in [2.05, 4.69) is 10.3 Å². The minimum Gasteiger partial charge on any atom is -0.480 e. The molecule has 0 saturated carbocycles. The first-order valence-corrected chi connectivity index (χ1v) is 5.71.